The Morgan fingerprint density at radius 1 is 0.974 bits per heavy atom. The molecule has 5 atom stereocenters. The maximum atomic E-state index is 13.2. The lowest BCUT2D eigenvalue weighted by atomic mass is 10.0. The lowest BCUT2D eigenvalue weighted by molar-refractivity contribution is -0.142. The number of nitrogens with zero attached hydrogens (tertiary/aromatic N) is 1. The highest BCUT2D eigenvalue weighted by atomic mass is 16.4. The number of carboxylic acids is 1. The predicted octanol–water partition coefficient (Wildman–Crippen LogP) is -1.72. The van der Waals surface area contributed by atoms with Crippen LogP contribution < -0.4 is 27.4 Å². The number of aliphatic hydroxyl groups is 1. The molecule has 14 heteroatoms. The van der Waals surface area contributed by atoms with Gasteiger partial charge in [-0.1, -0.05) is 18.6 Å². The minimum absolute atomic E-state index is 0.00558. The minimum Gasteiger partial charge on any atom is -0.508 e. The molecule has 0 aliphatic heterocycles. The van der Waals surface area contributed by atoms with E-state index in [2.05, 4.69) is 25.9 Å². The molecular weight excluding hydrogens is 510 g/mol. The summed E-state index contributed by atoms with van der Waals surface area (Å²) in [5.41, 5.74) is 12.4. The van der Waals surface area contributed by atoms with Crippen LogP contribution >= 0.6 is 0 Å². The summed E-state index contributed by atoms with van der Waals surface area (Å²) in [7, 11) is 0. The lowest BCUT2D eigenvalue weighted by Gasteiger charge is -2.26. The Labute approximate surface area is 225 Å². The Balaban J connectivity index is 2.20. The maximum absolute atomic E-state index is 13.2. The normalized spacial score (nSPS) is 14.9. The number of unbranched alkanes of at least 4 members (excludes halogenated alkanes) is 1. The molecule has 14 nitrogen and oxygen atoms in total. The van der Waals surface area contributed by atoms with Crippen LogP contribution in [0.5, 0.6) is 5.75 Å². The summed E-state index contributed by atoms with van der Waals surface area (Å²) >= 11 is 0. The molecular formula is C25H37N7O7. The average molecular weight is 548 g/mol. The largest absolute Gasteiger partial charge is 0.508 e. The number of hydrogen-bond donors (Lipinski definition) is 9. The molecule has 2 rings (SSSR count). The minimum atomic E-state index is -1.44. The van der Waals surface area contributed by atoms with E-state index in [1.807, 2.05) is 0 Å². The number of rotatable bonds is 16. The summed E-state index contributed by atoms with van der Waals surface area (Å²) in [5, 5.41) is 36.8. The molecule has 5 unspecified atom stereocenters. The molecule has 0 saturated carbocycles. The lowest BCUT2D eigenvalue weighted by Crippen LogP contribution is -2.60. The van der Waals surface area contributed by atoms with Crippen LogP contribution in [0.2, 0.25) is 0 Å². The summed E-state index contributed by atoms with van der Waals surface area (Å²) in [4.78, 5) is 57.3. The van der Waals surface area contributed by atoms with Crippen molar-refractivity contribution in [3.05, 3.63) is 48.0 Å². The summed E-state index contributed by atoms with van der Waals surface area (Å²) in [6, 6.07) is 0.877. The highest BCUT2D eigenvalue weighted by Crippen LogP contribution is 2.12. The van der Waals surface area contributed by atoms with Gasteiger partial charge in [-0.2, -0.15) is 0 Å². The SMILES string of the molecule is CC(O)C(NC(=O)C(N)CCCCN)C(=O)NC(Cc1ccc(O)cc1)C(=O)NC(Cc1cnc[nH]1)C(=O)O. The number of aliphatic hydroxyl groups excluding tert-OH is 1. The Kier molecular flexibility index (Phi) is 12.3. The number of benzene rings is 1. The number of phenolic OH excluding ortho intramolecular Hbond substituents is 1. The van der Waals surface area contributed by atoms with Gasteiger partial charge in [-0.15, -0.1) is 0 Å². The van der Waals surface area contributed by atoms with Gasteiger partial charge in [0.05, 0.1) is 18.5 Å². The second-order valence-corrected chi connectivity index (χ2v) is 9.23. The van der Waals surface area contributed by atoms with Crippen molar-refractivity contribution in [3.63, 3.8) is 0 Å². The predicted molar refractivity (Wildman–Crippen MR) is 140 cm³/mol. The monoisotopic (exact) mass is 547 g/mol. The van der Waals surface area contributed by atoms with Crippen molar-refractivity contribution in [3.8, 4) is 5.75 Å². The van der Waals surface area contributed by atoms with Crippen molar-refractivity contribution in [2.24, 2.45) is 11.5 Å². The standard InChI is InChI=1S/C25H37N7O7/c1-14(33)21(32-22(35)18(27)4-2-3-9-26)24(37)30-19(10-15-5-7-17(34)8-6-15)23(36)31-20(25(38)39)11-16-12-28-13-29-16/h5-8,12-14,18-21,33-34H,2-4,9-11,26-27H2,1H3,(H,28,29)(H,30,37)(H,31,36)(H,32,35)(H,38,39). The van der Waals surface area contributed by atoms with E-state index in [9.17, 15) is 34.5 Å². The first-order chi connectivity index (χ1) is 18.5. The Morgan fingerprint density at radius 2 is 1.64 bits per heavy atom. The zero-order valence-corrected chi connectivity index (χ0v) is 21.7. The van der Waals surface area contributed by atoms with Gasteiger partial charge < -0.3 is 47.7 Å². The second-order valence-electron chi connectivity index (χ2n) is 9.23. The number of aromatic amines is 1. The van der Waals surface area contributed by atoms with Gasteiger partial charge in [0.15, 0.2) is 0 Å². The molecule has 2 aromatic rings. The van der Waals surface area contributed by atoms with Gasteiger partial charge in [0, 0.05) is 24.7 Å². The zero-order valence-electron chi connectivity index (χ0n) is 21.7. The summed E-state index contributed by atoms with van der Waals surface area (Å²) in [6.45, 7) is 1.74. The quantitative estimate of drug-likeness (QED) is 0.108. The fourth-order valence-electron chi connectivity index (χ4n) is 3.73. The number of phenols is 1. The summed E-state index contributed by atoms with van der Waals surface area (Å²) in [6.07, 6.45) is 2.91. The van der Waals surface area contributed by atoms with E-state index in [4.69, 9.17) is 11.5 Å². The summed E-state index contributed by atoms with van der Waals surface area (Å²) < 4.78 is 0. The van der Waals surface area contributed by atoms with Crippen molar-refractivity contribution < 1.29 is 34.5 Å². The number of aliphatic carboxylic acids is 1. The van der Waals surface area contributed by atoms with E-state index < -0.39 is 54.0 Å². The molecule has 1 aromatic carbocycles. The highest BCUT2D eigenvalue weighted by Gasteiger charge is 2.32. The molecule has 0 spiro atoms. The van der Waals surface area contributed by atoms with Crippen LogP contribution in [0.4, 0.5) is 0 Å². The van der Waals surface area contributed by atoms with Gasteiger partial charge in [-0.25, -0.2) is 9.78 Å². The van der Waals surface area contributed by atoms with Gasteiger partial charge in [-0.05, 0) is 44.0 Å². The number of amides is 3. The third-order valence-electron chi connectivity index (χ3n) is 5.97. The number of hydrogen-bond acceptors (Lipinski definition) is 9. The van der Waals surface area contributed by atoms with Crippen molar-refractivity contribution in [2.75, 3.05) is 6.54 Å². The zero-order chi connectivity index (χ0) is 28.9. The fourth-order valence-corrected chi connectivity index (χ4v) is 3.73. The Hall–Kier alpha value is -4.01. The molecule has 214 valence electrons. The van der Waals surface area contributed by atoms with Crippen molar-refractivity contribution in [1.29, 1.82) is 0 Å². The van der Waals surface area contributed by atoms with Crippen LogP contribution in [-0.2, 0) is 32.0 Å². The van der Waals surface area contributed by atoms with Gasteiger partial charge >= 0.3 is 5.97 Å². The molecule has 11 N–H and O–H groups in total. The van der Waals surface area contributed by atoms with Crippen LogP contribution in [0, 0.1) is 0 Å². The van der Waals surface area contributed by atoms with Crippen molar-refractivity contribution >= 4 is 23.7 Å². The Bertz CT molecular complexity index is 1080. The van der Waals surface area contributed by atoms with Crippen LogP contribution in [0.3, 0.4) is 0 Å². The van der Waals surface area contributed by atoms with Gasteiger partial charge in [0.1, 0.15) is 23.9 Å². The third-order valence-corrected chi connectivity index (χ3v) is 5.97. The Morgan fingerprint density at radius 3 is 2.21 bits per heavy atom. The number of aromatic hydroxyl groups is 1. The number of carbonyl (C=O) groups is 4. The fraction of sp³-hybridized carbons (Fsp3) is 0.480. The number of carboxylic acid groups (broad SMARTS) is 1. The summed E-state index contributed by atoms with van der Waals surface area (Å²) in [5.74, 6) is -3.64. The smallest absolute Gasteiger partial charge is 0.326 e. The van der Waals surface area contributed by atoms with E-state index in [-0.39, 0.29) is 18.6 Å². The van der Waals surface area contributed by atoms with Crippen molar-refractivity contribution in [1.82, 2.24) is 25.9 Å². The number of aromatic nitrogens is 2. The first-order valence-electron chi connectivity index (χ1n) is 12.5. The number of carbonyl (C=O) groups excluding carboxylic acids is 3. The molecule has 39 heavy (non-hydrogen) atoms. The molecule has 0 fully saturated rings. The van der Waals surface area contributed by atoms with Crippen molar-refractivity contribution in [2.45, 2.75) is 69.3 Å². The van der Waals surface area contributed by atoms with E-state index in [1.54, 1.807) is 0 Å². The topological polar surface area (TPSA) is 246 Å². The van der Waals surface area contributed by atoms with Crippen LogP contribution in [-0.4, -0.2) is 85.8 Å². The van der Waals surface area contributed by atoms with E-state index in [1.165, 1.54) is 43.7 Å². The highest BCUT2D eigenvalue weighted by molar-refractivity contribution is 5.94. The number of nitrogens with one attached hydrogen (secondary N) is 4. The number of H-pyrrole nitrogens is 1. The van der Waals surface area contributed by atoms with E-state index in [0.717, 1.165) is 0 Å². The van der Waals surface area contributed by atoms with Gasteiger partial charge in [0.2, 0.25) is 17.7 Å². The van der Waals surface area contributed by atoms with Crippen LogP contribution in [0.25, 0.3) is 0 Å². The van der Waals surface area contributed by atoms with Crippen LogP contribution in [0.1, 0.15) is 37.4 Å². The first-order valence-corrected chi connectivity index (χ1v) is 12.5. The maximum Gasteiger partial charge on any atom is 0.326 e. The molecule has 1 heterocycles. The number of nitrogens with two attached hydrogens (primary N) is 2. The second kappa shape index (κ2) is 15.4. The molecule has 3 amide bonds. The van der Waals surface area contributed by atoms with Crippen LogP contribution in [0.15, 0.2) is 36.8 Å². The van der Waals surface area contributed by atoms with Gasteiger partial charge in [-0.3, -0.25) is 14.4 Å². The third kappa shape index (κ3) is 10.3. The first kappa shape index (κ1) is 31.2. The average Bonchev–Trinajstić information content (AvgIpc) is 3.40. The molecule has 0 aliphatic rings. The number of imidazole rings is 1. The molecule has 0 saturated heterocycles. The molecule has 0 radical (unpaired) electrons. The molecule has 1 aromatic heterocycles. The molecule has 0 aliphatic carbocycles. The van der Waals surface area contributed by atoms with E-state index >= 15 is 0 Å². The van der Waals surface area contributed by atoms with Gasteiger partial charge in [0.25, 0.3) is 0 Å². The molecule has 0 bridgehead atoms. The van der Waals surface area contributed by atoms with E-state index in [0.29, 0.717) is 37.1 Å².